The van der Waals surface area contributed by atoms with Gasteiger partial charge in [0.05, 0.1) is 0 Å². The van der Waals surface area contributed by atoms with Gasteiger partial charge in [0.1, 0.15) is 0 Å². The third kappa shape index (κ3) is 3.36. The van der Waals surface area contributed by atoms with E-state index in [1.54, 1.807) is 19.2 Å². The van der Waals surface area contributed by atoms with Crippen molar-refractivity contribution < 1.29 is 8.78 Å². The lowest BCUT2D eigenvalue weighted by Crippen LogP contribution is -2.31. The molecule has 0 aromatic heterocycles. The second-order valence-electron chi connectivity index (χ2n) is 5.96. The Bertz CT molecular complexity index is 450. The van der Waals surface area contributed by atoms with E-state index in [4.69, 9.17) is 0 Å². The third-order valence-corrected chi connectivity index (χ3v) is 4.32. The van der Waals surface area contributed by atoms with Crippen molar-refractivity contribution >= 4 is 0 Å². The molecule has 4 heteroatoms. The fourth-order valence-corrected chi connectivity index (χ4v) is 3.24. The molecule has 1 aliphatic rings. The molecule has 0 spiro atoms. The van der Waals surface area contributed by atoms with E-state index in [2.05, 4.69) is 24.1 Å². The number of hydrogen-bond donors (Lipinski definition) is 1. The predicted octanol–water partition coefficient (Wildman–Crippen LogP) is 3.35. The smallest absolute Gasteiger partial charge is 0.163 e. The summed E-state index contributed by atoms with van der Waals surface area (Å²) in [6, 6.07) is 4.83. The molecule has 3 atom stereocenters. The van der Waals surface area contributed by atoms with Crippen LogP contribution in [0.4, 0.5) is 8.78 Å². The monoisotopic (exact) mass is 282 g/mol. The summed E-state index contributed by atoms with van der Waals surface area (Å²) >= 11 is 0. The number of halogens is 2. The highest BCUT2D eigenvalue weighted by Crippen LogP contribution is 2.26. The maximum Gasteiger partial charge on any atom is 0.163 e. The van der Waals surface area contributed by atoms with Crippen LogP contribution in [-0.4, -0.2) is 31.1 Å². The summed E-state index contributed by atoms with van der Waals surface area (Å²) in [5.74, 6) is -0.774. The first-order valence-electron chi connectivity index (χ1n) is 7.38. The van der Waals surface area contributed by atoms with Gasteiger partial charge in [0.15, 0.2) is 11.6 Å². The molecule has 20 heavy (non-hydrogen) atoms. The fraction of sp³-hybridized carbons (Fsp3) is 0.625. The molecule has 1 aromatic carbocycles. The average Bonchev–Trinajstić information content (AvgIpc) is 2.73. The maximum atomic E-state index is 13.8. The van der Waals surface area contributed by atoms with Gasteiger partial charge in [0.2, 0.25) is 0 Å². The molecule has 0 bridgehead atoms. The van der Waals surface area contributed by atoms with Crippen molar-refractivity contribution in [1.82, 2.24) is 10.2 Å². The van der Waals surface area contributed by atoms with Crippen LogP contribution in [0.2, 0.25) is 0 Å². The van der Waals surface area contributed by atoms with Crippen LogP contribution in [0.5, 0.6) is 0 Å². The molecule has 0 radical (unpaired) electrons. The van der Waals surface area contributed by atoms with E-state index < -0.39 is 11.6 Å². The lowest BCUT2D eigenvalue weighted by atomic mass is 10.0. The first-order chi connectivity index (χ1) is 9.52. The van der Waals surface area contributed by atoms with E-state index >= 15 is 0 Å². The topological polar surface area (TPSA) is 15.3 Å². The molecule has 1 aliphatic heterocycles. The van der Waals surface area contributed by atoms with Gasteiger partial charge in [-0.05, 0) is 38.8 Å². The SMILES string of the molecule is CNC(CCN1CC(C)CC1C)c1cccc(F)c1F. The Morgan fingerprint density at radius 2 is 2.10 bits per heavy atom. The van der Waals surface area contributed by atoms with Gasteiger partial charge in [0, 0.05) is 30.7 Å². The largest absolute Gasteiger partial charge is 0.313 e. The maximum absolute atomic E-state index is 13.8. The zero-order valence-electron chi connectivity index (χ0n) is 12.5. The van der Waals surface area contributed by atoms with E-state index in [1.807, 2.05) is 0 Å². The lowest BCUT2D eigenvalue weighted by molar-refractivity contribution is 0.249. The molecular weight excluding hydrogens is 258 g/mol. The first kappa shape index (κ1) is 15.4. The van der Waals surface area contributed by atoms with Gasteiger partial charge in [-0.1, -0.05) is 19.1 Å². The Morgan fingerprint density at radius 3 is 2.70 bits per heavy atom. The fourth-order valence-electron chi connectivity index (χ4n) is 3.24. The van der Waals surface area contributed by atoms with Crippen LogP contribution >= 0.6 is 0 Å². The number of nitrogens with zero attached hydrogens (tertiary/aromatic N) is 1. The number of hydrogen-bond acceptors (Lipinski definition) is 2. The highest BCUT2D eigenvalue weighted by atomic mass is 19.2. The third-order valence-electron chi connectivity index (χ3n) is 4.32. The molecule has 1 fully saturated rings. The van der Waals surface area contributed by atoms with Crippen LogP contribution in [0, 0.1) is 17.6 Å². The Morgan fingerprint density at radius 1 is 1.35 bits per heavy atom. The Hall–Kier alpha value is -1.00. The van der Waals surface area contributed by atoms with Crippen LogP contribution in [0.3, 0.4) is 0 Å². The average molecular weight is 282 g/mol. The minimum atomic E-state index is -0.772. The number of benzene rings is 1. The highest BCUT2D eigenvalue weighted by molar-refractivity contribution is 5.22. The molecule has 1 aromatic rings. The minimum Gasteiger partial charge on any atom is -0.313 e. The molecule has 112 valence electrons. The lowest BCUT2D eigenvalue weighted by Gasteiger charge is -2.25. The summed E-state index contributed by atoms with van der Waals surface area (Å²) in [5.41, 5.74) is 0.424. The summed E-state index contributed by atoms with van der Waals surface area (Å²) in [6.45, 7) is 6.51. The zero-order chi connectivity index (χ0) is 14.7. The summed E-state index contributed by atoms with van der Waals surface area (Å²) in [7, 11) is 1.80. The summed E-state index contributed by atoms with van der Waals surface area (Å²) < 4.78 is 27.2. The highest BCUT2D eigenvalue weighted by Gasteiger charge is 2.26. The Labute approximate surface area is 120 Å². The van der Waals surface area contributed by atoms with E-state index in [9.17, 15) is 8.78 Å². The van der Waals surface area contributed by atoms with Gasteiger partial charge < -0.3 is 10.2 Å². The van der Waals surface area contributed by atoms with Gasteiger partial charge in [-0.15, -0.1) is 0 Å². The molecule has 1 saturated heterocycles. The molecule has 2 nitrogen and oxygen atoms in total. The summed E-state index contributed by atoms with van der Waals surface area (Å²) in [6.07, 6.45) is 2.01. The van der Waals surface area contributed by atoms with Crippen LogP contribution < -0.4 is 5.32 Å². The Balaban J connectivity index is 2.01. The quantitative estimate of drug-likeness (QED) is 0.891. The van der Waals surface area contributed by atoms with E-state index in [-0.39, 0.29) is 6.04 Å². The molecule has 0 aliphatic carbocycles. The van der Waals surface area contributed by atoms with Gasteiger partial charge in [-0.2, -0.15) is 0 Å². The van der Waals surface area contributed by atoms with Crippen molar-refractivity contribution in [3.63, 3.8) is 0 Å². The van der Waals surface area contributed by atoms with Gasteiger partial charge >= 0.3 is 0 Å². The number of rotatable bonds is 5. The molecule has 0 amide bonds. The van der Waals surface area contributed by atoms with Crippen molar-refractivity contribution in [3.05, 3.63) is 35.4 Å². The van der Waals surface area contributed by atoms with Crippen molar-refractivity contribution in [3.8, 4) is 0 Å². The van der Waals surface area contributed by atoms with Gasteiger partial charge in [0.25, 0.3) is 0 Å². The molecule has 1 N–H and O–H groups in total. The molecule has 2 rings (SSSR count). The second kappa shape index (κ2) is 6.64. The van der Waals surface area contributed by atoms with Gasteiger partial charge in [-0.25, -0.2) is 8.78 Å². The van der Waals surface area contributed by atoms with Crippen molar-refractivity contribution in [2.24, 2.45) is 5.92 Å². The van der Waals surface area contributed by atoms with Gasteiger partial charge in [-0.3, -0.25) is 0 Å². The minimum absolute atomic E-state index is 0.145. The molecule has 0 saturated carbocycles. The van der Waals surface area contributed by atoms with E-state index in [0.29, 0.717) is 11.6 Å². The summed E-state index contributed by atoms with van der Waals surface area (Å²) in [4.78, 5) is 2.44. The predicted molar refractivity (Wildman–Crippen MR) is 77.6 cm³/mol. The Kier molecular flexibility index (Phi) is 5.11. The first-order valence-corrected chi connectivity index (χ1v) is 7.38. The second-order valence-corrected chi connectivity index (χ2v) is 5.96. The zero-order valence-corrected chi connectivity index (χ0v) is 12.5. The van der Waals surface area contributed by atoms with Crippen molar-refractivity contribution in [1.29, 1.82) is 0 Å². The van der Waals surface area contributed by atoms with E-state index in [0.717, 1.165) is 31.5 Å². The van der Waals surface area contributed by atoms with Crippen LogP contribution in [0.15, 0.2) is 18.2 Å². The number of likely N-dealkylation sites (tertiary alicyclic amines) is 1. The van der Waals surface area contributed by atoms with Crippen LogP contribution in [0.1, 0.15) is 38.3 Å². The number of nitrogens with one attached hydrogen (secondary N) is 1. The molecule has 3 unspecified atom stereocenters. The van der Waals surface area contributed by atoms with Crippen molar-refractivity contribution in [2.45, 2.75) is 38.8 Å². The van der Waals surface area contributed by atoms with Crippen LogP contribution in [0.25, 0.3) is 0 Å². The normalized spacial score (nSPS) is 25.1. The summed E-state index contributed by atoms with van der Waals surface area (Å²) in [5, 5.41) is 3.10. The molecule has 1 heterocycles. The molecular formula is C16H24F2N2. The van der Waals surface area contributed by atoms with Crippen molar-refractivity contribution in [2.75, 3.05) is 20.1 Å². The standard InChI is InChI=1S/C16H24F2N2/c1-11-9-12(2)20(10-11)8-7-15(19-3)13-5-4-6-14(17)16(13)18/h4-6,11-12,15,19H,7-10H2,1-3H3. The van der Waals surface area contributed by atoms with Crippen LogP contribution in [-0.2, 0) is 0 Å². The van der Waals surface area contributed by atoms with E-state index in [1.165, 1.54) is 6.42 Å².